The molecule has 88 valence electrons. The van der Waals surface area contributed by atoms with E-state index in [1.807, 2.05) is 13.1 Å². The van der Waals surface area contributed by atoms with Gasteiger partial charge in [-0.2, -0.15) is 0 Å². The van der Waals surface area contributed by atoms with Crippen molar-refractivity contribution in [2.24, 2.45) is 0 Å². The van der Waals surface area contributed by atoms with Gasteiger partial charge in [0.05, 0.1) is 6.10 Å². The Morgan fingerprint density at radius 2 is 2.12 bits per heavy atom. The van der Waals surface area contributed by atoms with Crippen molar-refractivity contribution >= 4 is 5.82 Å². The van der Waals surface area contributed by atoms with Crippen LogP contribution in [0.3, 0.4) is 0 Å². The van der Waals surface area contributed by atoms with Gasteiger partial charge < -0.3 is 10.0 Å². The summed E-state index contributed by atoms with van der Waals surface area (Å²) in [5.74, 6) is 1.06. The summed E-state index contributed by atoms with van der Waals surface area (Å²) < 4.78 is 0. The number of aliphatic hydroxyl groups is 1. The van der Waals surface area contributed by atoms with Gasteiger partial charge in [-0.15, -0.1) is 0 Å². The third kappa shape index (κ3) is 2.19. The Bertz CT molecular complexity index is 359. The predicted octanol–water partition coefficient (Wildman–Crippen LogP) is 2.43. The summed E-state index contributed by atoms with van der Waals surface area (Å²) in [4.78, 5) is 6.77. The van der Waals surface area contributed by atoms with E-state index in [1.54, 1.807) is 0 Å². The van der Waals surface area contributed by atoms with Crippen molar-refractivity contribution in [2.75, 3.05) is 18.0 Å². The molecule has 1 saturated heterocycles. The standard InChI is InChI=1S/C13H20N2O/c1-3-12(16)11-9-14-13(8-10(11)2)15-6-4-5-7-15/h8-9,12,16H,3-7H2,1-2H3/t12-/m1/s1. The van der Waals surface area contributed by atoms with Crippen LogP contribution in [0.5, 0.6) is 0 Å². The lowest BCUT2D eigenvalue weighted by molar-refractivity contribution is 0.172. The Labute approximate surface area is 97.1 Å². The van der Waals surface area contributed by atoms with Crippen molar-refractivity contribution in [1.29, 1.82) is 0 Å². The molecule has 1 fully saturated rings. The molecule has 2 rings (SSSR count). The summed E-state index contributed by atoms with van der Waals surface area (Å²) in [5, 5.41) is 9.81. The van der Waals surface area contributed by atoms with Crippen molar-refractivity contribution in [1.82, 2.24) is 4.98 Å². The lowest BCUT2D eigenvalue weighted by Crippen LogP contribution is -2.19. The highest BCUT2D eigenvalue weighted by atomic mass is 16.3. The molecule has 1 aromatic rings. The lowest BCUT2D eigenvalue weighted by Gasteiger charge is -2.19. The molecule has 1 atom stereocenters. The topological polar surface area (TPSA) is 36.4 Å². The van der Waals surface area contributed by atoms with Crippen LogP contribution in [-0.4, -0.2) is 23.2 Å². The van der Waals surface area contributed by atoms with Crippen molar-refractivity contribution in [3.63, 3.8) is 0 Å². The van der Waals surface area contributed by atoms with E-state index in [-0.39, 0.29) is 6.10 Å². The summed E-state index contributed by atoms with van der Waals surface area (Å²) in [7, 11) is 0. The fourth-order valence-electron chi connectivity index (χ4n) is 2.24. The SMILES string of the molecule is CC[C@@H](O)c1cnc(N2CCCC2)cc1C. The van der Waals surface area contributed by atoms with Crippen LogP contribution in [0.2, 0.25) is 0 Å². The Balaban J connectivity index is 2.21. The van der Waals surface area contributed by atoms with Gasteiger partial charge in [0, 0.05) is 24.8 Å². The van der Waals surface area contributed by atoms with E-state index in [0.29, 0.717) is 0 Å². The van der Waals surface area contributed by atoms with Crippen LogP contribution in [0.15, 0.2) is 12.3 Å². The first-order valence-corrected chi connectivity index (χ1v) is 6.12. The van der Waals surface area contributed by atoms with E-state index in [9.17, 15) is 5.11 Å². The van der Waals surface area contributed by atoms with Crippen molar-refractivity contribution < 1.29 is 5.11 Å². The van der Waals surface area contributed by atoms with E-state index < -0.39 is 0 Å². The molecule has 0 bridgehead atoms. The van der Waals surface area contributed by atoms with Gasteiger partial charge >= 0.3 is 0 Å². The molecule has 1 aliphatic heterocycles. The van der Waals surface area contributed by atoms with Gasteiger partial charge in [-0.3, -0.25) is 0 Å². The largest absolute Gasteiger partial charge is 0.388 e. The van der Waals surface area contributed by atoms with Crippen molar-refractivity contribution in [3.8, 4) is 0 Å². The Morgan fingerprint density at radius 3 is 2.69 bits per heavy atom. The highest BCUT2D eigenvalue weighted by Gasteiger charge is 2.15. The Hall–Kier alpha value is -1.09. The average Bonchev–Trinajstić information content (AvgIpc) is 2.81. The number of hydrogen-bond acceptors (Lipinski definition) is 3. The Morgan fingerprint density at radius 1 is 1.44 bits per heavy atom. The summed E-state index contributed by atoms with van der Waals surface area (Å²) in [6.45, 7) is 6.26. The van der Waals surface area contributed by atoms with Crippen LogP contribution in [0.25, 0.3) is 0 Å². The van der Waals surface area contributed by atoms with Crippen LogP contribution >= 0.6 is 0 Å². The first kappa shape index (κ1) is 11.4. The van der Waals surface area contributed by atoms with E-state index in [0.717, 1.165) is 36.5 Å². The number of pyridine rings is 1. The highest BCUT2D eigenvalue weighted by Crippen LogP contribution is 2.24. The maximum Gasteiger partial charge on any atom is 0.128 e. The summed E-state index contributed by atoms with van der Waals surface area (Å²) >= 11 is 0. The first-order chi connectivity index (χ1) is 7.72. The van der Waals surface area contributed by atoms with Crippen LogP contribution in [0.4, 0.5) is 5.82 Å². The molecule has 0 aliphatic carbocycles. The van der Waals surface area contributed by atoms with E-state index >= 15 is 0 Å². The van der Waals surface area contributed by atoms with Crippen LogP contribution in [0, 0.1) is 6.92 Å². The average molecular weight is 220 g/mol. The van der Waals surface area contributed by atoms with E-state index in [2.05, 4.69) is 22.9 Å². The molecule has 2 heterocycles. The van der Waals surface area contributed by atoms with Gasteiger partial charge in [-0.1, -0.05) is 6.92 Å². The van der Waals surface area contributed by atoms with Gasteiger partial charge in [0.1, 0.15) is 5.82 Å². The quantitative estimate of drug-likeness (QED) is 0.850. The molecule has 0 unspecified atom stereocenters. The minimum Gasteiger partial charge on any atom is -0.388 e. The van der Waals surface area contributed by atoms with E-state index in [1.165, 1.54) is 12.8 Å². The molecule has 0 aromatic carbocycles. The zero-order chi connectivity index (χ0) is 11.5. The second-order valence-corrected chi connectivity index (χ2v) is 4.52. The molecule has 3 nitrogen and oxygen atoms in total. The van der Waals surface area contributed by atoms with Crippen LogP contribution in [-0.2, 0) is 0 Å². The monoisotopic (exact) mass is 220 g/mol. The van der Waals surface area contributed by atoms with E-state index in [4.69, 9.17) is 0 Å². The number of anilines is 1. The van der Waals surface area contributed by atoms with Gasteiger partial charge in [0.2, 0.25) is 0 Å². The second kappa shape index (κ2) is 4.83. The zero-order valence-electron chi connectivity index (χ0n) is 10.1. The number of nitrogens with zero attached hydrogens (tertiary/aromatic N) is 2. The smallest absolute Gasteiger partial charge is 0.128 e. The molecule has 3 heteroatoms. The Kier molecular flexibility index (Phi) is 3.44. The summed E-state index contributed by atoms with van der Waals surface area (Å²) in [5.41, 5.74) is 2.11. The van der Waals surface area contributed by atoms with Gasteiger partial charge in [0.15, 0.2) is 0 Å². The van der Waals surface area contributed by atoms with Crippen molar-refractivity contribution in [3.05, 3.63) is 23.4 Å². The fraction of sp³-hybridized carbons (Fsp3) is 0.615. The third-order valence-corrected chi connectivity index (χ3v) is 3.31. The van der Waals surface area contributed by atoms with Gasteiger partial charge in [-0.25, -0.2) is 4.98 Å². The predicted molar refractivity (Wildman–Crippen MR) is 65.7 cm³/mol. The maximum absolute atomic E-state index is 9.81. The molecule has 1 aliphatic rings. The minimum absolute atomic E-state index is 0.375. The molecule has 0 saturated carbocycles. The zero-order valence-corrected chi connectivity index (χ0v) is 10.1. The second-order valence-electron chi connectivity index (χ2n) is 4.52. The van der Waals surface area contributed by atoms with Gasteiger partial charge in [-0.05, 0) is 37.8 Å². The van der Waals surface area contributed by atoms with Gasteiger partial charge in [0.25, 0.3) is 0 Å². The normalized spacial score (nSPS) is 17.8. The highest BCUT2D eigenvalue weighted by molar-refractivity contribution is 5.44. The number of hydrogen-bond donors (Lipinski definition) is 1. The molecule has 0 amide bonds. The molecule has 16 heavy (non-hydrogen) atoms. The summed E-state index contributed by atoms with van der Waals surface area (Å²) in [6.07, 6.45) is 4.73. The molecule has 1 N–H and O–H groups in total. The van der Waals surface area contributed by atoms with Crippen LogP contribution in [0.1, 0.15) is 43.4 Å². The third-order valence-electron chi connectivity index (χ3n) is 3.31. The number of rotatable bonds is 3. The molecular formula is C13H20N2O. The molecule has 0 spiro atoms. The van der Waals surface area contributed by atoms with Crippen LogP contribution < -0.4 is 4.90 Å². The number of aliphatic hydroxyl groups excluding tert-OH is 1. The molecular weight excluding hydrogens is 200 g/mol. The molecule has 0 radical (unpaired) electrons. The van der Waals surface area contributed by atoms with Crippen molar-refractivity contribution in [2.45, 2.75) is 39.2 Å². The lowest BCUT2D eigenvalue weighted by atomic mass is 10.0. The number of aryl methyl sites for hydroxylation is 1. The summed E-state index contributed by atoms with van der Waals surface area (Å²) in [6, 6.07) is 2.10. The number of aromatic nitrogens is 1. The maximum atomic E-state index is 9.81. The fourth-order valence-corrected chi connectivity index (χ4v) is 2.24. The minimum atomic E-state index is -0.375. The first-order valence-electron chi connectivity index (χ1n) is 6.12. The molecule has 1 aromatic heterocycles.